The Hall–Kier alpha value is -2.25. The lowest BCUT2D eigenvalue weighted by molar-refractivity contribution is 0.322. The summed E-state index contributed by atoms with van der Waals surface area (Å²) in [5.41, 5.74) is 3.43. The minimum atomic E-state index is -3.27. The van der Waals surface area contributed by atoms with Crippen molar-refractivity contribution in [1.29, 1.82) is 0 Å². The normalized spacial score (nSPS) is 17.8. The SMILES string of the molecule is Cc1ccc(S(=O)(=O)CC2CCN(CCCc3noc4cc(F)ccc34)C2)cc1C. The van der Waals surface area contributed by atoms with Crippen molar-refractivity contribution in [2.45, 2.75) is 38.0 Å². The molecule has 7 heteroatoms. The van der Waals surface area contributed by atoms with E-state index in [1.54, 1.807) is 18.2 Å². The van der Waals surface area contributed by atoms with Gasteiger partial charge in [-0.05, 0) is 87.5 Å². The summed E-state index contributed by atoms with van der Waals surface area (Å²) in [5.74, 6) is 0.0300. The Morgan fingerprint density at radius 2 is 2.00 bits per heavy atom. The Bertz CT molecular complexity index is 1160. The van der Waals surface area contributed by atoms with Crippen LogP contribution in [0.25, 0.3) is 11.0 Å². The van der Waals surface area contributed by atoms with Crippen molar-refractivity contribution in [3.63, 3.8) is 0 Å². The molecule has 1 atom stereocenters. The molecule has 1 aromatic heterocycles. The lowest BCUT2D eigenvalue weighted by Gasteiger charge is -2.16. The van der Waals surface area contributed by atoms with Gasteiger partial charge in [0, 0.05) is 18.0 Å². The maximum Gasteiger partial charge on any atom is 0.178 e. The van der Waals surface area contributed by atoms with Crippen LogP contribution in [0, 0.1) is 25.6 Å². The van der Waals surface area contributed by atoms with E-state index in [9.17, 15) is 12.8 Å². The zero-order chi connectivity index (χ0) is 21.3. The molecule has 1 aliphatic rings. The largest absolute Gasteiger partial charge is 0.356 e. The first-order chi connectivity index (χ1) is 14.3. The van der Waals surface area contributed by atoms with Crippen LogP contribution in [0.2, 0.25) is 0 Å². The van der Waals surface area contributed by atoms with E-state index < -0.39 is 9.84 Å². The minimum absolute atomic E-state index is 0.160. The fourth-order valence-corrected chi connectivity index (χ4v) is 5.90. The van der Waals surface area contributed by atoms with Crippen LogP contribution in [0.1, 0.15) is 29.7 Å². The van der Waals surface area contributed by atoms with Gasteiger partial charge in [-0.15, -0.1) is 0 Å². The van der Waals surface area contributed by atoms with Crippen LogP contribution in [0.5, 0.6) is 0 Å². The summed E-state index contributed by atoms with van der Waals surface area (Å²) in [7, 11) is -3.27. The van der Waals surface area contributed by atoms with Crippen LogP contribution < -0.4 is 0 Å². The van der Waals surface area contributed by atoms with Crippen molar-refractivity contribution < 1.29 is 17.3 Å². The molecule has 0 N–H and O–H groups in total. The van der Waals surface area contributed by atoms with E-state index in [0.717, 1.165) is 61.1 Å². The van der Waals surface area contributed by atoms with E-state index in [2.05, 4.69) is 10.1 Å². The molecular weight excluding hydrogens is 403 g/mol. The molecule has 30 heavy (non-hydrogen) atoms. The van der Waals surface area contributed by atoms with Crippen LogP contribution in [-0.4, -0.2) is 43.9 Å². The van der Waals surface area contributed by atoms with Gasteiger partial charge in [-0.25, -0.2) is 12.8 Å². The van der Waals surface area contributed by atoms with Crippen molar-refractivity contribution >= 4 is 20.8 Å². The molecule has 0 radical (unpaired) electrons. The second-order valence-corrected chi connectivity index (χ2v) is 10.4. The fraction of sp³-hybridized carbons (Fsp3) is 0.435. The third kappa shape index (κ3) is 4.57. The zero-order valence-corrected chi connectivity index (χ0v) is 18.2. The van der Waals surface area contributed by atoms with Gasteiger partial charge in [0.25, 0.3) is 0 Å². The van der Waals surface area contributed by atoms with E-state index in [4.69, 9.17) is 4.52 Å². The first kappa shape index (κ1) is 21.0. The molecule has 3 aromatic rings. The molecule has 1 unspecified atom stereocenters. The zero-order valence-electron chi connectivity index (χ0n) is 17.4. The summed E-state index contributed by atoms with van der Waals surface area (Å²) in [5, 5.41) is 4.93. The predicted octanol–water partition coefficient (Wildman–Crippen LogP) is 4.31. The van der Waals surface area contributed by atoms with Crippen LogP contribution in [0.4, 0.5) is 4.39 Å². The quantitative estimate of drug-likeness (QED) is 0.559. The number of nitrogens with zero attached hydrogens (tertiary/aromatic N) is 2. The second kappa shape index (κ2) is 8.47. The van der Waals surface area contributed by atoms with Crippen LogP contribution >= 0.6 is 0 Å². The van der Waals surface area contributed by atoms with E-state index >= 15 is 0 Å². The molecule has 2 heterocycles. The average molecular weight is 431 g/mol. The third-order valence-corrected chi connectivity index (χ3v) is 7.94. The summed E-state index contributed by atoms with van der Waals surface area (Å²) in [6, 6.07) is 9.87. The molecule has 160 valence electrons. The monoisotopic (exact) mass is 430 g/mol. The highest BCUT2D eigenvalue weighted by molar-refractivity contribution is 7.91. The maximum atomic E-state index is 13.3. The summed E-state index contributed by atoms with van der Waals surface area (Å²) >= 11 is 0. The van der Waals surface area contributed by atoms with Gasteiger partial charge in [0.1, 0.15) is 5.82 Å². The smallest absolute Gasteiger partial charge is 0.178 e. The van der Waals surface area contributed by atoms with Gasteiger partial charge in [0.05, 0.1) is 16.3 Å². The summed E-state index contributed by atoms with van der Waals surface area (Å²) in [4.78, 5) is 2.75. The highest BCUT2D eigenvalue weighted by Gasteiger charge is 2.28. The topological polar surface area (TPSA) is 63.4 Å². The second-order valence-electron chi connectivity index (χ2n) is 8.36. The van der Waals surface area contributed by atoms with Crippen molar-refractivity contribution in [2.75, 3.05) is 25.4 Å². The van der Waals surface area contributed by atoms with Gasteiger partial charge >= 0.3 is 0 Å². The van der Waals surface area contributed by atoms with Gasteiger partial charge in [-0.3, -0.25) is 0 Å². The number of benzene rings is 2. The van der Waals surface area contributed by atoms with Crippen molar-refractivity contribution in [1.82, 2.24) is 10.1 Å². The number of halogens is 1. The summed E-state index contributed by atoms with van der Waals surface area (Å²) < 4.78 is 44.1. The Labute approximate surface area is 176 Å². The Morgan fingerprint density at radius 1 is 1.17 bits per heavy atom. The molecular formula is C23H27FN2O3S. The number of rotatable bonds is 7. The Morgan fingerprint density at radius 3 is 2.80 bits per heavy atom. The summed E-state index contributed by atoms with van der Waals surface area (Å²) in [6.45, 7) is 6.53. The maximum absolute atomic E-state index is 13.3. The fourth-order valence-electron chi connectivity index (χ4n) is 4.18. The molecule has 1 aliphatic heterocycles. The molecule has 0 saturated carbocycles. The lowest BCUT2D eigenvalue weighted by atomic mass is 10.1. The molecule has 4 rings (SSSR count). The van der Waals surface area contributed by atoms with E-state index in [0.29, 0.717) is 10.5 Å². The van der Waals surface area contributed by atoms with Gasteiger partial charge in [-0.1, -0.05) is 11.2 Å². The van der Waals surface area contributed by atoms with Gasteiger partial charge < -0.3 is 9.42 Å². The van der Waals surface area contributed by atoms with Gasteiger partial charge in [0.15, 0.2) is 15.4 Å². The predicted molar refractivity (Wildman–Crippen MR) is 115 cm³/mol. The first-order valence-electron chi connectivity index (χ1n) is 10.4. The van der Waals surface area contributed by atoms with Crippen molar-refractivity contribution in [2.24, 2.45) is 5.92 Å². The molecule has 5 nitrogen and oxygen atoms in total. The minimum Gasteiger partial charge on any atom is -0.356 e. The molecule has 1 saturated heterocycles. The highest BCUT2D eigenvalue weighted by Crippen LogP contribution is 2.24. The van der Waals surface area contributed by atoms with Gasteiger partial charge in [-0.2, -0.15) is 0 Å². The van der Waals surface area contributed by atoms with Crippen LogP contribution in [-0.2, 0) is 16.3 Å². The van der Waals surface area contributed by atoms with E-state index in [1.807, 2.05) is 19.9 Å². The molecule has 0 spiro atoms. The van der Waals surface area contributed by atoms with E-state index in [-0.39, 0.29) is 17.5 Å². The number of likely N-dealkylation sites (tertiary alicyclic amines) is 1. The number of fused-ring (bicyclic) bond motifs is 1. The number of sulfone groups is 1. The molecule has 2 aromatic carbocycles. The Kier molecular flexibility index (Phi) is 5.93. The number of hydrogen-bond acceptors (Lipinski definition) is 5. The first-order valence-corrected chi connectivity index (χ1v) is 12.0. The van der Waals surface area contributed by atoms with Crippen LogP contribution in [0.3, 0.4) is 0 Å². The number of hydrogen-bond donors (Lipinski definition) is 0. The Balaban J connectivity index is 1.29. The molecule has 0 bridgehead atoms. The lowest BCUT2D eigenvalue weighted by Crippen LogP contribution is -2.24. The van der Waals surface area contributed by atoms with Gasteiger partial charge in [0.2, 0.25) is 0 Å². The van der Waals surface area contributed by atoms with E-state index in [1.165, 1.54) is 12.1 Å². The summed E-state index contributed by atoms with van der Waals surface area (Å²) in [6.07, 6.45) is 2.55. The van der Waals surface area contributed by atoms with Crippen LogP contribution in [0.15, 0.2) is 45.8 Å². The average Bonchev–Trinajstić information content (AvgIpc) is 3.30. The van der Waals surface area contributed by atoms with Crippen molar-refractivity contribution in [3.8, 4) is 0 Å². The molecule has 1 fully saturated rings. The number of aryl methyl sites for hydroxylation is 3. The highest BCUT2D eigenvalue weighted by atomic mass is 32.2. The molecule has 0 amide bonds. The standard InChI is InChI=1S/C23H27FN2O3S/c1-16-5-7-20(12-17(16)2)30(27,28)15-18-9-11-26(14-18)10-3-4-22-21-8-6-19(24)13-23(21)29-25-22/h5-8,12-13,18H,3-4,9-11,14-15H2,1-2H3. The third-order valence-electron chi connectivity index (χ3n) is 6.06. The molecule has 0 aliphatic carbocycles. The van der Waals surface area contributed by atoms with Crippen molar-refractivity contribution in [3.05, 3.63) is 59.0 Å². The number of aromatic nitrogens is 1.